The maximum Gasteiger partial charge on any atom is 0.139 e. The van der Waals surface area contributed by atoms with Gasteiger partial charge in [0.25, 0.3) is 0 Å². The van der Waals surface area contributed by atoms with Gasteiger partial charge in [0, 0.05) is 12.3 Å². The van der Waals surface area contributed by atoms with E-state index in [4.69, 9.17) is 11.6 Å². The molecule has 0 bridgehead atoms. The van der Waals surface area contributed by atoms with Gasteiger partial charge in [0.15, 0.2) is 0 Å². The van der Waals surface area contributed by atoms with E-state index >= 15 is 0 Å². The molecular weight excluding hydrogens is 359 g/mol. The fraction of sp³-hybridized carbons (Fsp3) is 0.214. The summed E-state index contributed by atoms with van der Waals surface area (Å²) < 4.78 is 16.1. The number of alkyl halides is 1. The van der Waals surface area contributed by atoms with Gasteiger partial charge in [-0.05, 0) is 41.1 Å². The first kappa shape index (κ1) is 14.4. The van der Waals surface area contributed by atoms with E-state index in [0.29, 0.717) is 27.9 Å². The van der Waals surface area contributed by atoms with Crippen molar-refractivity contribution in [1.29, 1.82) is 0 Å². The molecule has 0 saturated carbocycles. The molecule has 0 amide bonds. The standard InChI is InChI=1S/C14H11BrClFN4/c1-8(16)14-19-12-5-10(15)11(17)6-13(12)21(14)7-9-3-2-4-18-20-9/h2-6,8H,7H2,1H3. The molecule has 4 nitrogen and oxygen atoms in total. The molecule has 0 aliphatic rings. The highest BCUT2D eigenvalue weighted by molar-refractivity contribution is 9.10. The number of fused-ring (bicyclic) bond motifs is 1. The van der Waals surface area contributed by atoms with Gasteiger partial charge in [-0.3, -0.25) is 0 Å². The molecule has 3 aromatic rings. The van der Waals surface area contributed by atoms with E-state index in [1.54, 1.807) is 12.3 Å². The second-order valence-electron chi connectivity index (χ2n) is 4.64. The summed E-state index contributed by atoms with van der Waals surface area (Å²) in [5, 5.41) is 7.61. The lowest BCUT2D eigenvalue weighted by atomic mass is 10.3. The molecule has 0 aliphatic heterocycles. The predicted molar refractivity (Wildman–Crippen MR) is 82.8 cm³/mol. The van der Waals surface area contributed by atoms with Gasteiger partial charge < -0.3 is 4.57 Å². The highest BCUT2D eigenvalue weighted by Crippen LogP contribution is 2.28. The van der Waals surface area contributed by atoms with Gasteiger partial charge in [0.2, 0.25) is 0 Å². The summed E-state index contributed by atoms with van der Waals surface area (Å²) in [6.07, 6.45) is 1.61. The summed E-state index contributed by atoms with van der Waals surface area (Å²) in [6.45, 7) is 2.28. The fourth-order valence-corrected chi connectivity index (χ4v) is 2.69. The summed E-state index contributed by atoms with van der Waals surface area (Å²) in [4.78, 5) is 4.50. The molecule has 0 spiro atoms. The third-order valence-corrected chi connectivity index (χ3v) is 3.93. The van der Waals surface area contributed by atoms with Gasteiger partial charge in [-0.2, -0.15) is 10.2 Å². The minimum absolute atomic E-state index is 0.295. The number of aromatic nitrogens is 4. The van der Waals surface area contributed by atoms with Crippen LogP contribution in [-0.2, 0) is 6.54 Å². The molecule has 1 unspecified atom stereocenters. The Labute approximate surface area is 134 Å². The number of halogens is 3. The Hall–Kier alpha value is -1.53. The minimum Gasteiger partial charge on any atom is -0.320 e. The van der Waals surface area contributed by atoms with Crippen LogP contribution in [0.2, 0.25) is 0 Å². The van der Waals surface area contributed by atoms with Gasteiger partial charge in [-0.25, -0.2) is 9.37 Å². The van der Waals surface area contributed by atoms with E-state index in [2.05, 4.69) is 31.1 Å². The maximum atomic E-state index is 13.8. The highest BCUT2D eigenvalue weighted by atomic mass is 79.9. The third-order valence-electron chi connectivity index (χ3n) is 3.12. The molecule has 1 atom stereocenters. The van der Waals surface area contributed by atoms with E-state index < -0.39 is 0 Å². The Bertz CT molecular complexity index is 789. The minimum atomic E-state index is -0.337. The average Bonchev–Trinajstić information content (AvgIpc) is 2.79. The van der Waals surface area contributed by atoms with Crippen molar-refractivity contribution in [3.63, 3.8) is 0 Å². The summed E-state index contributed by atoms with van der Waals surface area (Å²) in [7, 11) is 0. The number of nitrogens with zero attached hydrogens (tertiary/aromatic N) is 4. The van der Waals surface area contributed by atoms with Crippen molar-refractivity contribution in [1.82, 2.24) is 19.7 Å². The smallest absolute Gasteiger partial charge is 0.139 e. The van der Waals surface area contributed by atoms with Crippen molar-refractivity contribution < 1.29 is 4.39 Å². The maximum absolute atomic E-state index is 13.8. The summed E-state index contributed by atoms with van der Waals surface area (Å²) in [5.41, 5.74) is 2.14. The van der Waals surface area contributed by atoms with Crippen LogP contribution in [-0.4, -0.2) is 19.7 Å². The Morgan fingerprint density at radius 2 is 2.24 bits per heavy atom. The first-order chi connectivity index (χ1) is 10.1. The van der Waals surface area contributed by atoms with E-state index in [1.807, 2.05) is 23.6 Å². The topological polar surface area (TPSA) is 43.6 Å². The lowest BCUT2D eigenvalue weighted by Gasteiger charge is -2.09. The van der Waals surface area contributed by atoms with Gasteiger partial charge in [-0.1, -0.05) is 0 Å². The molecule has 0 radical (unpaired) electrons. The SMILES string of the molecule is CC(Cl)c1nc2cc(Br)c(F)cc2n1Cc1cccnn1. The van der Waals surface area contributed by atoms with Crippen LogP contribution in [0.1, 0.15) is 23.8 Å². The average molecular weight is 370 g/mol. The number of imidazole rings is 1. The van der Waals surface area contributed by atoms with Crippen molar-refractivity contribution in [2.45, 2.75) is 18.8 Å². The second kappa shape index (κ2) is 5.69. The summed E-state index contributed by atoms with van der Waals surface area (Å²) in [5.74, 6) is 0.339. The van der Waals surface area contributed by atoms with Crippen LogP contribution >= 0.6 is 27.5 Å². The molecule has 7 heteroatoms. The van der Waals surface area contributed by atoms with E-state index in [-0.39, 0.29) is 11.2 Å². The van der Waals surface area contributed by atoms with Crippen LogP contribution < -0.4 is 0 Å². The van der Waals surface area contributed by atoms with Crippen molar-refractivity contribution in [2.75, 3.05) is 0 Å². The molecule has 3 rings (SSSR count). The molecular formula is C14H11BrClFN4. The molecule has 2 aromatic heterocycles. The number of hydrogen-bond donors (Lipinski definition) is 0. The molecule has 0 saturated heterocycles. The number of benzene rings is 1. The first-order valence-corrected chi connectivity index (χ1v) is 7.55. The predicted octanol–water partition coefficient (Wildman–Crippen LogP) is 4.08. The van der Waals surface area contributed by atoms with E-state index in [9.17, 15) is 4.39 Å². The van der Waals surface area contributed by atoms with Crippen molar-refractivity contribution in [2.24, 2.45) is 0 Å². The first-order valence-electron chi connectivity index (χ1n) is 6.32. The molecule has 2 heterocycles. The molecule has 0 N–H and O–H groups in total. The Morgan fingerprint density at radius 1 is 1.43 bits per heavy atom. The molecule has 21 heavy (non-hydrogen) atoms. The van der Waals surface area contributed by atoms with E-state index in [1.165, 1.54) is 6.07 Å². The largest absolute Gasteiger partial charge is 0.320 e. The molecule has 0 aliphatic carbocycles. The fourth-order valence-electron chi connectivity index (χ4n) is 2.19. The van der Waals surface area contributed by atoms with E-state index in [0.717, 1.165) is 5.69 Å². The monoisotopic (exact) mass is 368 g/mol. The Morgan fingerprint density at radius 3 is 2.90 bits per heavy atom. The van der Waals surface area contributed by atoms with Crippen LogP contribution in [0, 0.1) is 5.82 Å². The van der Waals surface area contributed by atoms with Crippen molar-refractivity contribution in [3.8, 4) is 0 Å². The lowest BCUT2D eigenvalue weighted by molar-refractivity contribution is 0.621. The summed E-state index contributed by atoms with van der Waals surface area (Å²) in [6, 6.07) is 6.77. The zero-order valence-corrected chi connectivity index (χ0v) is 13.4. The zero-order valence-electron chi connectivity index (χ0n) is 11.1. The summed E-state index contributed by atoms with van der Waals surface area (Å²) >= 11 is 9.38. The molecule has 1 aromatic carbocycles. The molecule has 0 fully saturated rings. The van der Waals surface area contributed by atoms with Gasteiger partial charge >= 0.3 is 0 Å². The second-order valence-corrected chi connectivity index (χ2v) is 6.15. The van der Waals surface area contributed by atoms with Gasteiger partial charge in [0.1, 0.15) is 11.6 Å². The third kappa shape index (κ3) is 2.78. The Kier molecular flexibility index (Phi) is 3.91. The normalized spacial score (nSPS) is 12.8. The van der Waals surface area contributed by atoms with Gasteiger partial charge in [0.05, 0.1) is 33.1 Å². The lowest BCUT2D eigenvalue weighted by Crippen LogP contribution is -2.07. The molecule has 108 valence electrons. The highest BCUT2D eigenvalue weighted by Gasteiger charge is 2.17. The quantitative estimate of drug-likeness (QED) is 0.654. The van der Waals surface area contributed by atoms with Crippen molar-refractivity contribution in [3.05, 3.63) is 52.3 Å². The van der Waals surface area contributed by atoms with Crippen LogP contribution in [0.15, 0.2) is 34.9 Å². The van der Waals surface area contributed by atoms with Crippen LogP contribution in [0.25, 0.3) is 11.0 Å². The number of hydrogen-bond acceptors (Lipinski definition) is 3. The van der Waals surface area contributed by atoms with Gasteiger partial charge in [-0.15, -0.1) is 11.6 Å². The zero-order chi connectivity index (χ0) is 15.0. The number of rotatable bonds is 3. The van der Waals surface area contributed by atoms with Crippen molar-refractivity contribution >= 4 is 38.6 Å². The van der Waals surface area contributed by atoms with Crippen LogP contribution in [0.3, 0.4) is 0 Å². The van der Waals surface area contributed by atoms with Crippen LogP contribution in [0.5, 0.6) is 0 Å². The van der Waals surface area contributed by atoms with Crippen LogP contribution in [0.4, 0.5) is 4.39 Å². The Balaban J connectivity index is 2.18.